The molecule has 2 aromatic rings. The Morgan fingerprint density at radius 2 is 1.59 bits per heavy atom. The summed E-state index contributed by atoms with van der Waals surface area (Å²) in [4.78, 5) is 1.51. The normalized spacial score (nSPS) is 16.8. The first-order valence-electron chi connectivity index (χ1n) is 9.38. The predicted octanol–water partition coefficient (Wildman–Crippen LogP) is 2.48. The molecule has 1 aliphatic heterocycles. The van der Waals surface area contributed by atoms with E-state index in [9.17, 15) is 16.8 Å². The zero-order chi connectivity index (χ0) is 21.2. The first kappa shape index (κ1) is 21.8. The fourth-order valence-corrected chi connectivity index (χ4v) is 6.53. The molecule has 0 atom stereocenters. The summed E-state index contributed by atoms with van der Waals surface area (Å²) in [7, 11) is -4.84. The van der Waals surface area contributed by atoms with E-state index in [2.05, 4.69) is 4.90 Å². The number of hydrogen-bond acceptors (Lipinski definition) is 6. The molecule has 29 heavy (non-hydrogen) atoms. The Bertz CT molecular complexity index is 1080. The van der Waals surface area contributed by atoms with E-state index in [1.54, 1.807) is 12.1 Å². The van der Waals surface area contributed by atoms with Crippen LogP contribution in [0.5, 0.6) is 5.75 Å². The van der Waals surface area contributed by atoms with Crippen molar-refractivity contribution in [3.8, 4) is 5.75 Å². The van der Waals surface area contributed by atoms with E-state index in [4.69, 9.17) is 4.18 Å². The number of likely N-dealkylation sites (tertiary alicyclic amines) is 1. The molecule has 0 radical (unpaired) electrons. The van der Waals surface area contributed by atoms with Gasteiger partial charge in [-0.3, -0.25) is 0 Å². The van der Waals surface area contributed by atoms with E-state index in [1.165, 1.54) is 41.7 Å². The topological polar surface area (TPSA) is 84.0 Å². The van der Waals surface area contributed by atoms with Gasteiger partial charge in [0.15, 0.2) is 0 Å². The second kappa shape index (κ2) is 8.43. The lowest BCUT2D eigenvalue weighted by atomic mass is 10.1. The van der Waals surface area contributed by atoms with Gasteiger partial charge < -0.3 is 9.08 Å². The zero-order valence-corrected chi connectivity index (χ0v) is 18.4. The molecule has 3 rings (SSSR count). The van der Waals surface area contributed by atoms with Gasteiger partial charge in [0, 0.05) is 13.1 Å². The van der Waals surface area contributed by atoms with Crippen LogP contribution in [0.15, 0.2) is 58.3 Å². The average Bonchev–Trinajstić information content (AvgIpc) is 2.68. The van der Waals surface area contributed by atoms with E-state index in [1.807, 2.05) is 20.0 Å². The zero-order valence-electron chi connectivity index (χ0n) is 16.8. The molecule has 1 heterocycles. The molecule has 0 N–H and O–H groups in total. The van der Waals surface area contributed by atoms with Crippen LogP contribution in [-0.4, -0.2) is 59.3 Å². The quantitative estimate of drug-likeness (QED) is 0.645. The molecule has 0 unspecified atom stereocenters. The number of aryl methyl sites for hydroxylation is 1. The molecular formula is C20H26N2O5S2. The maximum Gasteiger partial charge on any atom is 0.340 e. The molecule has 1 fully saturated rings. The Morgan fingerprint density at radius 3 is 2.21 bits per heavy atom. The van der Waals surface area contributed by atoms with Gasteiger partial charge in [0.05, 0.1) is 0 Å². The summed E-state index contributed by atoms with van der Waals surface area (Å²) >= 11 is 0. The van der Waals surface area contributed by atoms with Gasteiger partial charge in [-0.05, 0) is 69.7 Å². The maximum absolute atomic E-state index is 13.3. The highest BCUT2D eigenvalue weighted by Crippen LogP contribution is 2.29. The molecule has 158 valence electrons. The molecule has 0 bridgehead atoms. The minimum atomic E-state index is -4.33. The summed E-state index contributed by atoms with van der Waals surface area (Å²) in [6.45, 7) is 3.40. The van der Waals surface area contributed by atoms with Gasteiger partial charge in [0.25, 0.3) is 0 Å². The second-order valence-corrected chi connectivity index (χ2v) is 10.8. The molecule has 0 amide bonds. The SMILES string of the molecule is Cc1cccc(OS(=O)(=O)c2ccccc2S(=O)(=O)N(C)C2CCN(C)CC2)c1. The van der Waals surface area contributed by atoms with Crippen LogP contribution in [0, 0.1) is 6.92 Å². The highest BCUT2D eigenvalue weighted by Gasteiger charge is 2.34. The third kappa shape index (κ3) is 4.80. The maximum atomic E-state index is 13.3. The number of benzene rings is 2. The Morgan fingerprint density at radius 1 is 0.966 bits per heavy atom. The minimum Gasteiger partial charge on any atom is -0.379 e. The standard InChI is InChI=1S/C20H26N2O5S2/c1-16-7-6-8-18(15-16)27-29(25,26)20-10-5-4-9-19(20)28(23,24)22(3)17-11-13-21(2)14-12-17/h4-10,15,17H,11-14H2,1-3H3. The van der Waals surface area contributed by atoms with Crippen LogP contribution in [0.4, 0.5) is 0 Å². The Kier molecular flexibility index (Phi) is 6.33. The molecule has 9 heteroatoms. The minimum absolute atomic E-state index is 0.140. The predicted molar refractivity (Wildman–Crippen MR) is 111 cm³/mol. The fourth-order valence-electron chi connectivity index (χ4n) is 3.42. The van der Waals surface area contributed by atoms with Crippen molar-refractivity contribution in [3.63, 3.8) is 0 Å². The van der Waals surface area contributed by atoms with Gasteiger partial charge in [-0.1, -0.05) is 24.3 Å². The first-order chi connectivity index (χ1) is 13.6. The number of sulfonamides is 1. The molecule has 2 aromatic carbocycles. The van der Waals surface area contributed by atoms with Crippen molar-refractivity contribution < 1.29 is 21.0 Å². The van der Waals surface area contributed by atoms with E-state index in [-0.39, 0.29) is 21.6 Å². The highest BCUT2D eigenvalue weighted by atomic mass is 32.2. The first-order valence-corrected chi connectivity index (χ1v) is 12.2. The van der Waals surface area contributed by atoms with E-state index < -0.39 is 20.1 Å². The summed E-state index contributed by atoms with van der Waals surface area (Å²) in [5.74, 6) is 0.140. The average molecular weight is 439 g/mol. The molecule has 0 aromatic heterocycles. The van der Waals surface area contributed by atoms with Gasteiger partial charge in [0.1, 0.15) is 15.5 Å². The summed E-state index contributed by atoms with van der Waals surface area (Å²) in [6, 6.07) is 12.0. The summed E-state index contributed by atoms with van der Waals surface area (Å²) in [5.41, 5.74) is 0.834. The van der Waals surface area contributed by atoms with Crippen LogP contribution in [0.3, 0.4) is 0 Å². The molecule has 0 saturated carbocycles. The van der Waals surface area contributed by atoms with Crippen LogP contribution in [0.25, 0.3) is 0 Å². The Hall–Kier alpha value is -1.94. The summed E-state index contributed by atoms with van der Waals surface area (Å²) in [6.07, 6.45) is 1.39. The van der Waals surface area contributed by atoms with E-state index >= 15 is 0 Å². The fraction of sp³-hybridized carbons (Fsp3) is 0.400. The lowest BCUT2D eigenvalue weighted by Gasteiger charge is -2.34. The molecule has 0 aliphatic carbocycles. The van der Waals surface area contributed by atoms with Crippen LogP contribution in [0.1, 0.15) is 18.4 Å². The third-order valence-electron chi connectivity index (χ3n) is 5.17. The van der Waals surface area contributed by atoms with Gasteiger partial charge in [-0.2, -0.15) is 12.7 Å². The van der Waals surface area contributed by atoms with Crippen LogP contribution in [0.2, 0.25) is 0 Å². The van der Waals surface area contributed by atoms with Crippen LogP contribution in [-0.2, 0) is 20.1 Å². The number of rotatable bonds is 6. The second-order valence-electron chi connectivity index (χ2n) is 7.36. The third-order valence-corrected chi connectivity index (χ3v) is 8.58. The van der Waals surface area contributed by atoms with Crippen molar-refractivity contribution in [3.05, 3.63) is 54.1 Å². The lowest BCUT2D eigenvalue weighted by molar-refractivity contribution is 0.197. The molecule has 1 aliphatic rings. The molecule has 1 saturated heterocycles. The van der Waals surface area contributed by atoms with Gasteiger partial charge in [0.2, 0.25) is 10.0 Å². The van der Waals surface area contributed by atoms with Gasteiger partial charge in [-0.25, -0.2) is 8.42 Å². The monoisotopic (exact) mass is 438 g/mol. The van der Waals surface area contributed by atoms with Gasteiger partial charge >= 0.3 is 10.1 Å². The summed E-state index contributed by atoms with van der Waals surface area (Å²) in [5, 5.41) is 0. The number of piperidine rings is 1. The lowest BCUT2D eigenvalue weighted by Crippen LogP contribution is -2.44. The van der Waals surface area contributed by atoms with Crippen LogP contribution >= 0.6 is 0 Å². The van der Waals surface area contributed by atoms with E-state index in [0.717, 1.165) is 18.7 Å². The van der Waals surface area contributed by atoms with Gasteiger partial charge in [-0.15, -0.1) is 0 Å². The van der Waals surface area contributed by atoms with Crippen molar-refractivity contribution in [2.75, 3.05) is 27.2 Å². The van der Waals surface area contributed by atoms with Crippen molar-refractivity contribution in [1.82, 2.24) is 9.21 Å². The number of nitrogens with zero attached hydrogens (tertiary/aromatic N) is 2. The number of hydrogen-bond donors (Lipinski definition) is 0. The van der Waals surface area contributed by atoms with Crippen molar-refractivity contribution in [1.29, 1.82) is 0 Å². The van der Waals surface area contributed by atoms with Crippen LogP contribution < -0.4 is 4.18 Å². The Labute approximate surface area is 173 Å². The van der Waals surface area contributed by atoms with E-state index in [0.29, 0.717) is 12.8 Å². The molecular weight excluding hydrogens is 412 g/mol. The highest BCUT2D eigenvalue weighted by molar-refractivity contribution is 7.91. The van der Waals surface area contributed by atoms with Crippen molar-refractivity contribution >= 4 is 20.1 Å². The summed E-state index contributed by atoms with van der Waals surface area (Å²) < 4.78 is 58.9. The smallest absolute Gasteiger partial charge is 0.340 e. The van der Waals surface area contributed by atoms with Crippen molar-refractivity contribution in [2.45, 2.75) is 35.6 Å². The molecule has 7 nitrogen and oxygen atoms in total. The van der Waals surface area contributed by atoms with Crippen molar-refractivity contribution in [2.24, 2.45) is 0 Å². The largest absolute Gasteiger partial charge is 0.379 e. The molecule has 0 spiro atoms. The Balaban J connectivity index is 1.95.